The second-order valence-electron chi connectivity index (χ2n) is 4.96. The first-order chi connectivity index (χ1) is 6.46. The third kappa shape index (κ3) is 2.57. The van der Waals surface area contributed by atoms with Crippen molar-refractivity contribution in [3.05, 3.63) is 24.3 Å². The van der Waals surface area contributed by atoms with Gasteiger partial charge in [0.2, 0.25) is 0 Å². The lowest BCUT2D eigenvalue weighted by Crippen LogP contribution is -2.27. The summed E-state index contributed by atoms with van der Waals surface area (Å²) in [4.78, 5) is 11.7. The first kappa shape index (κ1) is 11.2. The molecule has 0 saturated heterocycles. The topological polar surface area (TPSA) is 17.1 Å². The molecule has 1 heteroatoms. The SMILES string of the molecule is C/C=C/C(=O)C1C=CC(C)(C)CC1C. The van der Waals surface area contributed by atoms with Crippen LogP contribution < -0.4 is 0 Å². The zero-order chi connectivity index (χ0) is 10.8. The lowest BCUT2D eigenvalue weighted by molar-refractivity contribution is -0.118. The number of allylic oxidation sites excluding steroid dienone is 4. The minimum absolute atomic E-state index is 0.0965. The van der Waals surface area contributed by atoms with Gasteiger partial charge in [-0.15, -0.1) is 0 Å². The summed E-state index contributed by atoms with van der Waals surface area (Å²) >= 11 is 0. The predicted octanol–water partition coefficient (Wildman–Crippen LogP) is 3.37. The summed E-state index contributed by atoms with van der Waals surface area (Å²) < 4.78 is 0. The molecule has 1 aliphatic rings. The Morgan fingerprint density at radius 2 is 2.14 bits per heavy atom. The lowest BCUT2D eigenvalue weighted by Gasteiger charge is -2.32. The Kier molecular flexibility index (Phi) is 3.30. The fraction of sp³-hybridized carbons (Fsp3) is 0.615. The summed E-state index contributed by atoms with van der Waals surface area (Å²) in [7, 11) is 0. The van der Waals surface area contributed by atoms with Gasteiger partial charge in [-0.05, 0) is 30.8 Å². The maximum atomic E-state index is 11.7. The van der Waals surface area contributed by atoms with Gasteiger partial charge in [0.05, 0.1) is 0 Å². The molecule has 2 unspecified atom stereocenters. The van der Waals surface area contributed by atoms with Crippen LogP contribution in [0.2, 0.25) is 0 Å². The molecule has 14 heavy (non-hydrogen) atoms. The highest BCUT2D eigenvalue weighted by Crippen LogP contribution is 2.36. The van der Waals surface area contributed by atoms with Crippen LogP contribution in [0.1, 0.15) is 34.1 Å². The highest BCUT2D eigenvalue weighted by Gasteiger charge is 2.30. The summed E-state index contributed by atoms with van der Waals surface area (Å²) in [5.74, 6) is 0.796. The van der Waals surface area contributed by atoms with Crippen molar-refractivity contribution in [2.45, 2.75) is 34.1 Å². The van der Waals surface area contributed by atoms with Crippen LogP contribution in [0.4, 0.5) is 0 Å². The van der Waals surface area contributed by atoms with Crippen molar-refractivity contribution >= 4 is 5.78 Å². The number of carbonyl (C=O) groups is 1. The standard InChI is InChI=1S/C13H20O/c1-5-6-12(14)11-7-8-13(3,4)9-10(11)2/h5-8,10-11H,9H2,1-4H3/b6-5+. The molecular formula is C13H20O. The average molecular weight is 192 g/mol. The summed E-state index contributed by atoms with van der Waals surface area (Å²) in [5, 5.41) is 0. The second kappa shape index (κ2) is 4.12. The molecule has 2 atom stereocenters. The Hall–Kier alpha value is -0.850. The van der Waals surface area contributed by atoms with E-state index in [0.717, 1.165) is 6.42 Å². The Balaban J connectivity index is 2.79. The van der Waals surface area contributed by atoms with Crippen LogP contribution >= 0.6 is 0 Å². The van der Waals surface area contributed by atoms with Gasteiger partial charge >= 0.3 is 0 Å². The fourth-order valence-electron chi connectivity index (χ4n) is 2.23. The number of hydrogen-bond acceptors (Lipinski definition) is 1. The van der Waals surface area contributed by atoms with Crippen molar-refractivity contribution in [3.63, 3.8) is 0 Å². The van der Waals surface area contributed by atoms with Crippen molar-refractivity contribution in [1.29, 1.82) is 0 Å². The van der Waals surface area contributed by atoms with Gasteiger partial charge in [-0.1, -0.05) is 39.0 Å². The van der Waals surface area contributed by atoms with E-state index in [1.165, 1.54) is 0 Å². The van der Waals surface area contributed by atoms with Gasteiger partial charge in [0.1, 0.15) is 0 Å². The molecule has 1 aliphatic carbocycles. The van der Waals surface area contributed by atoms with Crippen LogP contribution in [0.5, 0.6) is 0 Å². The number of rotatable bonds is 2. The molecule has 1 rings (SSSR count). The molecule has 0 amide bonds. The van der Waals surface area contributed by atoms with E-state index in [1.54, 1.807) is 6.08 Å². The first-order valence-electron chi connectivity index (χ1n) is 5.32. The Labute approximate surface area is 86.9 Å². The fourth-order valence-corrected chi connectivity index (χ4v) is 2.23. The third-order valence-electron chi connectivity index (χ3n) is 2.88. The van der Waals surface area contributed by atoms with E-state index in [0.29, 0.717) is 5.92 Å². The highest BCUT2D eigenvalue weighted by molar-refractivity contribution is 5.93. The average Bonchev–Trinajstić information content (AvgIpc) is 2.02. The summed E-state index contributed by atoms with van der Waals surface area (Å²) in [6, 6.07) is 0. The zero-order valence-corrected chi connectivity index (χ0v) is 9.58. The Morgan fingerprint density at radius 1 is 1.50 bits per heavy atom. The second-order valence-corrected chi connectivity index (χ2v) is 4.96. The van der Waals surface area contributed by atoms with Crippen molar-refractivity contribution in [1.82, 2.24) is 0 Å². The number of hydrogen-bond donors (Lipinski definition) is 0. The third-order valence-corrected chi connectivity index (χ3v) is 2.88. The summed E-state index contributed by atoms with van der Waals surface area (Å²) in [6.45, 7) is 8.49. The van der Waals surface area contributed by atoms with Crippen LogP contribution in [0.15, 0.2) is 24.3 Å². The zero-order valence-electron chi connectivity index (χ0n) is 9.58. The molecule has 78 valence electrons. The first-order valence-corrected chi connectivity index (χ1v) is 5.32. The molecule has 0 bridgehead atoms. The van der Waals surface area contributed by atoms with Gasteiger partial charge in [0.25, 0.3) is 0 Å². The van der Waals surface area contributed by atoms with E-state index < -0.39 is 0 Å². The monoisotopic (exact) mass is 192 g/mol. The van der Waals surface area contributed by atoms with E-state index in [2.05, 4.69) is 32.9 Å². The normalized spacial score (nSPS) is 30.9. The van der Waals surface area contributed by atoms with Gasteiger partial charge in [-0.3, -0.25) is 4.79 Å². The van der Waals surface area contributed by atoms with Crippen LogP contribution in [-0.2, 0) is 4.79 Å². The largest absolute Gasteiger partial charge is 0.294 e. The van der Waals surface area contributed by atoms with E-state index >= 15 is 0 Å². The molecule has 0 spiro atoms. The van der Waals surface area contributed by atoms with E-state index in [-0.39, 0.29) is 17.1 Å². The molecule has 0 aromatic rings. The van der Waals surface area contributed by atoms with Crippen LogP contribution in [0.3, 0.4) is 0 Å². The molecule has 0 aromatic heterocycles. The lowest BCUT2D eigenvalue weighted by atomic mass is 9.71. The Morgan fingerprint density at radius 3 is 2.64 bits per heavy atom. The smallest absolute Gasteiger partial charge is 0.162 e. The van der Waals surface area contributed by atoms with Crippen molar-refractivity contribution in [2.24, 2.45) is 17.3 Å². The molecule has 0 heterocycles. The summed E-state index contributed by atoms with van der Waals surface area (Å²) in [6.07, 6.45) is 8.86. The van der Waals surface area contributed by atoms with E-state index in [9.17, 15) is 4.79 Å². The van der Waals surface area contributed by atoms with Crippen molar-refractivity contribution in [3.8, 4) is 0 Å². The Bertz CT molecular complexity index is 271. The predicted molar refractivity (Wildman–Crippen MR) is 60.0 cm³/mol. The molecule has 0 N–H and O–H groups in total. The molecule has 0 fully saturated rings. The van der Waals surface area contributed by atoms with Gasteiger partial charge in [-0.25, -0.2) is 0 Å². The van der Waals surface area contributed by atoms with Crippen LogP contribution in [0.25, 0.3) is 0 Å². The maximum absolute atomic E-state index is 11.7. The van der Waals surface area contributed by atoms with E-state index in [4.69, 9.17) is 0 Å². The van der Waals surface area contributed by atoms with E-state index in [1.807, 2.05) is 13.0 Å². The molecule has 0 radical (unpaired) electrons. The summed E-state index contributed by atoms with van der Waals surface area (Å²) in [5.41, 5.74) is 0.256. The quantitative estimate of drug-likeness (QED) is 0.484. The van der Waals surface area contributed by atoms with Gasteiger partial charge < -0.3 is 0 Å². The van der Waals surface area contributed by atoms with Gasteiger partial charge in [-0.2, -0.15) is 0 Å². The van der Waals surface area contributed by atoms with Gasteiger partial charge in [0, 0.05) is 5.92 Å². The van der Waals surface area contributed by atoms with Gasteiger partial charge in [0.15, 0.2) is 5.78 Å². The molecular weight excluding hydrogens is 172 g/mol. The highest BCUT2D eigenvalue weighted by atomic mass is 16.1. The van der Waals surface area contributed by atoms with Crippen molar-refractivity contribution in [2.75, 3.05) is 0 Å². The molecule has 1 nitrogen and oxygen atoms in total. The minimum Gasteiger partial charge on any atom is -0.294 e. The van der Waals surface area contributed by atoms with Crippen LogP contribution in [-0.4, -0.2) is 5.78 Å². The number of carbonyl (C=O) groups excluding carboxylic acids is 1. The molecule has 0 aromatic carbocycles. The minimum atomic E-state index is 0.0965. The van der Waals surface area contributed by atoms with Crippen LogP contribution in [0, 0.1) is 17.3 Å². The number of ketones is 1. The maximum Gasteiger partial charge on any atom is 0.162 e. The van der Waals surface area contributed by atoms with Crippen molar-refractivity contribution < 1.29 is 4.79 Å². The molecule has 0 saturated carbocycles. The molecule has 0 aliphatic heterocycles.